The summed E-state index contributed by atoms with van der Waals surface area (Å²) in [6.45, 7) is 3.81. The van der Waals surface area contributed by atoms with Crippen LogP contribution in [0.4, 0.5) is 4.39 Å². The number of carbonyl (C=O) groups excluding carboxylic acids is 1. The molecule has 3 N–H and O–H groups in total. The van der Waals surface area contributed by atoms with E-state index in [1.165, 1.54) is 18.2 Å². The molecule has 0 aliphatic heterocycles. The van der Waals surface area contributed by atoms with E-state index in [-0.39, 0.29) is 10.9 Å². The Morgan fingerprint density at radius 1 is 1.47 bits per heavy atom. The largest absolute Gasteiger partial charge is 0.391 e. The van der Waals surface area contributed by atoms with E-state index >= 15 is 0 Å². The van der Waals surface area contributed by atoms with Gasteiger partial charge in [-0.3, -0.25) is 4.79 Å². The van der Waals surface area contributed by atoms with Crippen LogP contribution in [0.2, 0.25) is 0 Å². The molecule has 1 rings (SSSR count). The van der Waals surface area contributed by atoms with Crippen LogP contribution in [0.25, 0.3) is 0 Å². The van der Waals surface area contributed by atoms with Gasteiger partial charge < -0.3 is 11.1 Å². The molecule has 0 unspecified atom stereocenters. The summed E-state index contributed by atoms with van der Waals surface area (Å²) in [5, 5.41) is 2.85. The Bertz CT molecular complexity index is 503. The Morgan fingerprint density at radius 3 is 2.47 bits per heavy atom. The number of nitrogens with two attached hydrogens (primary N) is 1. The molecule has 0 aromatic heterocycles. The minimum atomic E-state index is -0.708. The van der Waals surface area contributed by atoms with Crippen LogP contribution >= 0.6 is 28.1 Å². The van der Waals surface area contributed by atoms with Crippen molar-refractivity contribution < 1.29 is 9.18 Å². The maximum atomic E-state index is 13.0. The van der Waals surface area contributed by atoms with Crippen molar-refractivity contribution in [3.8, 4) is 0 Å². The minimum absolute atomic E-state index is 0.254. The van der Waals surface area contributed by atoms with Crippen LogP contribution in [0.5, 0.6) is 0 Å². The zero-order valence-corrected chi connectivity index (χ0v) is 13.2. The highest BCUT2D eigenvalue weighted by molar-refractivity contribution is 9.10. The Hall–Kier alpha value is -1.01. The number of amides is 1. The first-order valence-corrected chi connectivity index (χ1v) is 7.14. The van der Waals surface area contributed by atoms with E-state index in [1.807, 2.05) is 13.8 Å². The van der Waals surface area contributed by atoms with Gasteiger partial charge in [0.25, 0.3) is 5.91 Å². The third-order valence-corrected chi connectivity index (χ3v) is 4.25. The lowest BCUT2D eigenvalue weighted by molar-refractivity contribution is 0.0919. The van der Waals surface area contributed by atoms with Crippen molar-refractivity contribution in [3.63, 3.8) is 0 Å². The monoisotopic (exact) mass is 346 g/mol. The van der Waals surface area contributed by atoms with Gasteiger partial charge in [0.1, 0.15) is 5.82 Å². The summed E-state index contributed by atoms with van der Waals surface area (Å²) in [7, 11) is 0. The molecule has 19 heavy (non-hydrogen) atoms. The molecule has 6 heteroatoms. The molecule has 0 spiro atoms. The second-order valence-electron chi connectivity index (χ2n) is 4.23. The zero-order valence-electron chi connectivity index (χ0n) is 10.8. The molecular weight excluding hydrogens is 331 g/mol. The van der Waals surface area contributed by atoms with Gasteiger partial charge in [0.15, 0.2) is 0 Å². The van der Waals surface area contributed by atoms with Crippen molar-refractivity contribution in [2.24, 2.45) is 5.73 Å². The third-order valence-electron chi connectivity index (χ3n) is 3.21. The first-order chi connectivity index (χ1) is 8.86. The van der Waals surface area contributed by atoms with E-state index in [0.717, 1.165) is 0 Å². The Morgan fingerprint density at radius 2 is 2.05 bits per heavy atom. The number of halogens is 2. The van der Waals surface area contributed by atoms with Crippen LogP contribution in [-0.2, 0) is 0 Å². The average molecular weight is 347 g/mol. The molecule has 0 aliphatic rings. The van der Waals surface area contributed by atoms with E-state index in [0.29, 0.717) is 22.9 Å². The Balaban J connectivity index is 3.04. The fourth-order valence-electron chi connectivity index (χ4n) is 1.80. The number of hydrogen-bond donors (Lipinski definition) is 2. The van der Waals surface area contributed by atoms with E-state index in [1.54, 1.807) is 0 Å². The highest BCUT2D eigenvalue weighted by Crippen LogP contribution is 2.21. The van der Waals surface area contributed by atoms with Crippen molar-refractivity contribution in [1.29, 1.82) is 0 Å². The molecule has 1 amide bonds. The SMILES string of the molecule is CCC(CC)(NC(=O)c1ccc(F)cc1Br)C(N)=S. The van der Waals surface area contributed by atoms with Gasteiger partial charge in [0, 0.05) is 4.47 Å². The van der Waals surface area contributed by atoms with Crippen LogP contribution < -0.4 is 11.1 Å². The van der Waals surface area contributed by atoms with Gasteiger partial charge in [-0.05, 0) is 47.0 Å². The van der Waals surface area contributed by atoms with Crippen LogP contribution in [0.15, 0.2) is 22.7 Å². The smallest absolute Gasteiger partial charge is 0.253 e. The highest BCUT2D eigenvalue weighted by atomic mass is 79.9. The summed E-state index contributed by atoms with van der Waals surface area (Å²) in [4.78, 5) is 12.5. The van der Waals surface area contributed by atoms with Gasteiger partial charge in [-0.2, -0.15) is 0 Å². The van der Waals surface area contributed by atoms with E-state index < -0.39 is 11.4 Å². The maximum absolute atomic E-state index is 13.0. The molecule has 0 aliphatic carbocycles. The van der Waals surface area contributed by atoms with Crippen molar-refractivity contribution in [1.82, 2.24) is 5.32 Å². The molecule has 0 saturated carbocycles. The molecule has 0 heterocycles. The molecule has 0 atom stereocenters. The molecule has 0 fully saturated rings. The molecule has 0 radical (unpaired) electrons. The first kappa shape index (κ1) is 16.0. The lowest BCUT2D eigenvalue weighted by atomic mass is 9.92. The average Bonchev–Trinajstić information content (AvgIpc) is 2.35. The van der Waals surface area contributed by atoms with E-state index in [9.17, 15) is 9.18 Å². The van der Waals surface area contributed by atoms with Gasteiger partial charge in [-0.1, -0.05) is 26.1 Å². The van der Waals surface area contributed by atoms with Gasteiger partial charge in [-0.25, -0.2) is 4.39 Å². The van der Waals surface area contributed by atoms with Gasteiger partial charge in [0.05, 0.1) is 16.1 Å². The number of hydrogen-bond acceptors (Lipinski definition) is 2. The van der Waals surface area contributed by atoms with Crippen molar-refractivity contribution in [3.05, 3.63) is 34.1 Å². The van der Waals surface area contributed by atoms with E-state index in [2.05, 4.69) is 21.2 Å². The topological polar surface area (TPSA) is 55.1 Å². The summed E-state index contributed by atoms with van der Waals surface area (Å²) >= 11 is 8.21. The normalized spacial score (nSPS) is 11.2. The highest BCUT2D eigenvalue weighted by Gasteiger charge is 2.32. The lowest BCUT2D eigenvalue weighted by Gasteiger charge is -2.31. The van der Waals surface area contributed by atoms with Crippen LogP contribution in [0.3, 0.4) is 0 Å². The van der Waals surface area contributed by atoms with Crippen LogP contribution in [0, 0.1) is 5.82 Å². The predicted octanol–water partition coefficient (Wildman–Crippen LogP) is 3.16. The standard InChI is InChI=1S/C13H16BrFN2OS/c1-3-13(4-2,12(16)19)17-11(18)9-6-5-8(15)7-10(9)14/h5-7H,3-4H2,1-2H3,(H2,16,19)(H,17,18). The second-order valence-corrected chi connectivity index (χ2v) is 5.53. The lowest BCUT2D eigenvalue weighted by Crippen LogP contribution is -2.56. The number of thiocarbonyl (C=S) groups is 1. The molecule has 1 aromatic carbocycles. The molecule has 0 bridgehead atoms. The number of carbonyl (C=O) groups is 1. The van der Waals surface area contributed by atoms with Crippen molar-refractivity contribution in [2.75, 3.05) is 0 Å². The summed E-state index contributed by atoms with van der Waals surface area (Å²) in [5.41, 5.74) is 5.37. The van der Waals surface area contributed by atoms with Crippen LogP contribution in [-0.4, -0.2) is 16.4 Å². The van der Waals surface area contributed by atoms with Crippen molar-refractivity contribution in [2.45, 2.75) is 32.2 Å². The fraction of sp³-hybridized carbons (Fsp3) is 0.385. The van der Waals surface area contributed by atoms with Gasteiger partial charge in [0.2, 0.25) is 0 Å². The third kappa shape index (κ3) is 3.51. The molecule has 1 aromatic rings. The minimum Gasteiger partial charge on any atom is -0.391 e. The zero-order chi connectivity index (χ0) is 14.6. The second kappa shape index (κ2) is 6.43. The first-order valence-electron chi connectivity index (χ1n) is 5.93. The molecule has 3 nitrogen and oxygen atoms in total. The Labute approximate surface area is 125 Å². The summed E-state index contributed by atoms with van der Waals surface area (Å²) in [5.74, 6) is -0.738. The summed E-state index contributed by atoms with van der Waals surface area (Å²) in [6.07, 6.45) is 1.20. The molecule has 0 saturated heterocycles. The number of benzene rings is 1. The summed E-state index contributed by atoms with van der Waals surface area (Å²) in [6, 6.07) is 3.90. The van der Waals surface area contributed by atoms with Crippen molar-refractivity contribution >= 4 is 39.0 Å². The summed E-state index contributed by atoms with van der Waals surface area (Å²) < 4.78 is 13.4. The van der Waals surface area contributed by atoms with E-state index in [4.69, 9.17) is 18.0 Å². The fourth-order valence-corrected chi connectivity index (χ4v) is 2.67. The van der Waals surface area contributed by atoms with Gasteiger partial charge >= 0.3 is 0 Å². The molecular formula is C13H16BrFN2OS. The maximum Gasteiger partial charge on any atom is 0.253 e. The van der Waals surface area contributed by atoms with Gasteiger partial charge in [-0.15, -0.1) is 0 Å². The number of nitrogens with one attached hydrogen (secondary N) is 1. The Kier molecular flexibility index (Phi) is 5.43. The predicted molar refractivity (Wildman–Crippen MR) is 81.7 cm³/mol. The number of rotatable bonds is 5. The molecule has 104 valence electrons. The van der Waals surface area contributed by atoms with Crippen LogP contribution in [0.1, 0.15) is 37.0 Å². The quantitative estimate of drug-likeness (QED) is 0.805.